The lowest BCUT2D eigenvalue weighted by Crippen LogP contribution is -2.31. The van der Waals surface area contributed by atoms with Crippen LogP contribution in [0.1, 0.15) is 38.8 Å². The van der Waals surface area contributed by atoms with Crippen LogP contribution >= 0.6 is 0 Å². The highest BCUT2D eigenvalue weighted by Gasteiger charge is 2.06. The minimum Gasteiger partial charge on any atom is -0.463 e. The average molecular weight is 289 g/mol. The fourth-order valence-corrected chi connectivity index (χ4v) is 2.10. The van der Waals surface area contributed by atoms with Crippen molar-refractivity contribution in [1.29, 1.82) is 0 Å². The first-order chi connectivity index (χ1) is 9.92. The van der Waals surface area contributed by atoms with E-state index in [2.05, 4.69) is 5.32 Å². The first kappa shape index (κ1) is 17.0. The van der Waals surface area contributed by atoms with Crippen molar-refractivity contribution in [3.8, 4) is 0 Å². The molecule has 4 heteroatoms. The highest BCUT2D eigenvalue weighted by atomic mass is 16.5. The van der Waals surface area contributed by atoms with Crippen LogP contribution in [0.4, 0.5) is 0 Å². The average Bonchev–Trinajstić information content (AvgIpc) is 2.38. The Kier molecular flexibility index (Phi) is 6.66. The second kappa shape index (κ2) is 8.25. The Labute approximate surface area is 126 Å². The summed E-state index contributed by atoms with van der Waals surface area (Å²) in [6.45, 7) is 7.53. The van der Waals surface area contributed by atoms with E-state index in [1.54, 1.807) is 6.92 Å². The highest BCUT2D eigenvalue weighted by molar-refractivity contribution is 5.90. The molecule has 1 atom stereocenters. The smallest absolute Gasteiger partial charge is 0.331 e. The third-order valence-corrected chi connectivity index (χ3v) is 3.02. The summed E-state index contributed by atoms with van der Waals surface area (Å²) in [7, 11) is 0. The molecule has 0 unspecified atom stereocenters. The molecule has 1 aromatic rings. The maximum atomic E-state index is 11.4. The van der Waals surface area contributed by atoms with Crippen LogP contribution in [0.15, 0.2) is 30.3 Å². The summed E-state index contributed by atoms with van der Waals surface area (Å²) >= 11 is 0. The van der Waals surface area contributed by atoms with Crippen molar-refractivity contribution in [2.24, 2.45) is 0 Å². The Bertz CT molecular complexity index is 517. The van der Waals surface area contributed by atoms with E-state index in [1.807, 2.05) is 38.1 Å². The number of benzene rings is 1. The fourth-order valence-electron chi connectivity index (χ4n) is 2.10. The van der Waals surface area contributed by atoms with Crippen LogP contribution in [0.25, 0.3) is 5.57 Å². The predicted molar refractivity (Wildman–Crippen MR) is 83.7 cm³/mol. The molecule has 1 amide bonds. The number of allylic oxidation sites excluding steroid dienone is 1. The summed E-state index contributed by atoms with van der Waals surface area (Å²) in [5.41, 5.74) is 3.00. The van der Waals surface area contributed by atoms with Crippen LogP contribution in [0.3, 0.4) is 0 Å². The number of carbonyl (C=O) groups is 2. The molecule has 1 aromatic carbocycles. The van der Waals surface area contributed by atoms with Gasteiger partial charge in [-0.05, 0) is 43.9 Å². The highest BCUT2D eigenvalue weighted by Crippen LogP contribution is 2.15. The van der Waals surface area contributed by atoms with E-state index in [0.717, 1.165) is 23.1 Å². The number of rotatable bonds is 6. The van der Waals surface area contributed by atoms with Crippen molar-refractivity contribution in [2.45, 2.75) is 40.2 Å². The van der Waals surface area contributed by atoms with Crippen LogP contribution in [0, 0.1) is 0 Å². The molecule has 0 radical (unpaired) electrons. The van der Waals surface area contributed by atoms with Crippen molar-refractivity contribution in [3.05, 3.63) is 41.5 Å². The Balaban J connectivity index is 2.69. The van der Waals surface area contributed by atoms with E-state index in [4.69, 9.17) is 4.74 Å². The predicted octanol–water partition coefficient (Wildman–Crippen LogP) is 2.72. The molecular weight excluding hydrogens is 266 g/mol. The molecule has 0 saturated heterocycles. The van der Waals surface area contributed by atoms with E-state index >= 15 is 0 Å². The number of nitrogens with one attached hydrogen (secondary N) is 1. The largest absolute Gasteiger partial charge is 0.463 e. The molecule has 0 aromatic heterocycles. The molecule has 114 valence electrons. The standard InChI is InChI=1S/C17H23NO3/c1-5-21-17(20)10-12(2)16-8-6-15(7-9-16)11-13(3)18-14(4)19/h6-10,13H,5,11H2,1-4H3,(H,18,19)/t13-/m1/s1. The van der Waals surface area contributed by atoms with Gasteiger partial charge in [0.25, 0.3) is 0 Å². The van der Waals surface area contributed by atoms with Crippen LogP contribution < -0.4 is 5.32 Å². The lowest BCUT2D eigenvalue weighted by molar-refractivity contribution is -0.137. The van der Waals surface area contributed by atoms with Gasteiger partial charge >= 0.3 is 5.97 Å². The van der Waals surface area contributed by atoms with Crippen LogP contribution in [0.5, 0.6) is 0 Å². The van der Waals surface area contributed by atoms with E-state index in [1.165, 1.54) is 13.0 Å². The topological polar surface area (TPSA) is 55.4 Å². The van der Waals surface area contributed by atoms with E-state index < -0.39 is 0 Å². The number of amides is 1. The number of carbonyl (C=O) groups excluding carboxylic acids is 2. The zero-order valence-electron chi connectivity index (χ0n) is 13.1. The zero-order valence-corrected chi connectivity index (χ0v) is 13.1. The zero-order chi connectivity index (χ0) is 15.8. The van der Waals surface area contributed by atoms with Gasteiger partial charge in [0.15, 0.2) is 0 Å². The maximum Gasteiger partial charge on any atom is 0.331 e. The van der Waals surface area contributed by atoms with E-state index in [-0.39, 0.29) is 17.9 Å². The molecule has 0 aliphatic carbocycles. The number of esters is 1. The van der Waals surface area contributed by atoms with Crippen LogP contribution in [0.2, 0.25) is 0 Å². The van der Waals surface area contributed by atoms with Gasteiger partial charge in [-0.3, -0.25) is 4.79 Å². The second-order valence-corrected chi connectivity index (χ2v) is 5.08. The summed E-state index contributed by atoms with van der Waals surface area (Å²) < 4.78 is 4.89. The molecule has 0 aliphatic heterocycles. The summed E-state index contributed by atoms with van der Waals surface area (Å²) in [5.74, 6) is -0.342. The van der Waals surface area contributed by atoms with Gasteiger partial charge in [0, 0.05) is 19.0 Å². The maximum absolute atomic E-state index is 11.4. The van der Waals surface area contributed by atoms with Crippen molar-refractivity contribution < 1.29 is 14.3 Å². The molecule has 0 aliphatic rings. The quantitative estimate of drug-likeness (QED) is 0.647. The van der Waals surface area contributed by atoms with Gasteiger partial charge < -0.3 is 10.1 Å². The van der Waals surface area contributed by atoms with Gasteiger partial charge in [-0.25, -0.2) is 4.79 Å². The molecular formula is C17H23NO3. The van der Waals surface area contributed by atoms with Crippen molar-refractivity contribution in [1.82, 2.24) is 5.32 Å². The molecule has 21 heavy (non-hydrogen) atoms. The number of ether oxygens (including phenoxy) is 1. The SMILES string of the molecule is CCOC(=O)C=C(C)c1ccc(C[C@@H](C)NC(C)=O)cc1. The first-order valence-electron chi connectivity index (χ1n) is 7.13. The van der Waals surface area contributed by atoms with Crippen molar-refractivity contribution in [3.63, 3.8) is 0 Å². The van der Waals surface area contributed by atoms with Crippen LogP contribution in [-0.2, 0) is 20.7 Å². The normalized spacial score (nSPS) is 12.7. The molecule has 0 bridgehead atoms. The summed E-state index contributed by atoms with van der Waals surface area (Å²) in [4.78, 5) is 22.4. The molecule has 0 heterocycles. The number of hydrogen-bond acceptors (Lipinski definition) is 3. The second-order valence-electron chi connectivity index (χ2n) is 5.08. The van der Waals surface area contributed by atoms with E-state index in [0.29, 0.717) is 6.61 Å². The van der Waals surface area contributed by atoms with E-state index in [9.17, 15) is 9.59 Å². The Morgan fingerprint density at radius 2 is 1.86 bits per heavy atom. The molecule has 0 spiro atoms. The Morgan fingerprint density at radius 3 is 2.38 bits per heavy atom. The van der Waals surface area contributed by atoms with Gasteiger partial charge in [0.2, 0.25) is 5.91 Å². The molecule has 0 saturated carbocycles. The lowest BCUT2D eigenvalue weighted by atomic mass is 10.0. The third kappa shape index (κ3) is 6.25. The fraction of sp³-hybridized carbons (Fsp3) is 0.412. The van der Waals surface area contributed by atoms with Gasteiger partial charge in [-0.15, -0.1) is 0 Å². The number of hydrogen-bond donors (Lipinski definition) is 1. The minimum atomic E-state index is -0.321. The van der Waals surface area contributed by atoms with Gasteiger partial charge in [0.1, 0.15) is 0 Å². The lowest BCUT2D eigenvalue weighted by Gasteiger charge is -2.12. The molecule has 4 nitrogen and oxygen atoms in total. The van der Waals surface area contributed by atoms with Gasteiger partial charge in [-0.2, -0.15) is 0 Å². The molecule has 1 rings (SSSR count). The Hall–Kier alpha value is -2.10. The third-order valence-electron chi connectivity index (χ3n) is 3.02. The van der Waals surface area contributed by atoms with Crippen LogP contribution in [-0.4, -0.2) is 24.5 Å². The molecule has 1 N–H and O–H groups in total. The van der Waals surface area contributed by atoms with Crippen molar-refractivity contribution in [2.75, 3.05) is 6.61 Å². The van der Waals surface area contributed by atoms with Gasteiger partial charge in [0.05, 0.1) is 6.61 Å². The molecule has 0 fully saturated rings. The minimum absolute atomic E-state index is 0.0210. The van der Waals surface area contributed by atoms with Gasteiger partial charge in [-0.1, -0.05) is 24.3 Å². The first-order valence-corrected chi connectivity index (χ1v) is 7.13. The summed E-state index contributed by atoms with van der Waals surface area (Å²) in [6, 6.07) is 8.07. The van der Waals surface area contributed by atoms with Crippen molar-refractivity contribution >= 4 is 17.4 Å². The summed E-state index contributed by atoms with van der Waals surface area (Å²) in [5, 5.41) is 2.86. The summed E-state index contributed by atoms with van der Waals surface area (Å²) in [6.07, 6.45) is 2.28. The Morgan fingerprint density at radius 1 is 1.24 bits per heavy atom. The monoisotopic (exact) mass is 289 g/mol.